The number of likely N-dealkylation sites (tertiary alicyclic amines) is 1. The molecule has 8 nitrogen and oxygen atoms in total. The molecule has 1 aliphatic rings. The van der Waals surface area contributed by atoms with Gasteiger partial charge in [-0.15, -0.1) is 10.2 Å². The number of amides is 1. The van der Waals surface area contributed by atoms with E-state index < -0.39 is 0 Å². The quantitative estimate of drug-likeness (QED) is 0.569. The number of piperidine rings is 1. The smallest absolute Gasteiger partial charge is 0.266 e. The van der Waals surface area contributed by atoms with Crippen molar-refractivity contribution in [1.29, 1.82) is 0 Å². The van der Waals surface area contributed by atoms with Crippen molar-refractivity contribution in [3.63, 3.8) is 0 Å². The van der Waals surface area contributed by atoms with E-state index >= 15 is 0 Å². The van der Waals surface area contributed by atoms with Crippen LogP contribution in [0.25, 0.3) is 11.6 Å². The summed E-state index contributed by atoms with van der Waals surface area (Å²) in [6, 6.07) is 10.9. The first-order valence-electron chi connectivity index (χ1n) is 10.6. The van der Waals surface area contributed by atoms with Gasteiger partial charge in [-0.3, -0.25) is 9.78 Å². The lowest BCUT2D eigenvalue weighted by molar-refractivity contribution is -0.137. The predicted molar refractivity (Wildman–Crippen MR) is 114 cm³/mol. The zero-order valence-corrected chi connectivity index (χ0v) is 17.8. The van der Waals surface area contributed by atoms with E-state index in [1.165, 1.54) is 0 Å². The number of ether oxygens (including phenoxy) is 2. The van der Waals surface area contributed by atoms with Crippen molar-refractivity contribution >= 4 is 5.91 Å². The summed E-state index contributed by atoms with van der Waals surface area (Å²) in [7, 11) is 0. The minimum atomic E-state index is -0.265. The Bertz CT molecular complexity index is 1020. The molecule has 1 unspecified atom stereocenters. The molecule has 3 heterocycles. The molecule has 1 aromatic carbocycles. The molecule has 0 spiro atoms. The lowest BCUT2D eigenvalue weighted by Crippen LogP contribution is -2.41. The molecule has 1 amide bonds. The third-order valence-corrected chi connectivity index (χ3v) is 5.18. The zero-order chi connectivity index (χ0) is 21.6. The minimum absolute atomic E-state index is 0.0825. The summed E-state index contributed by atoms with van der Waals surface area (Å²) in [5, 5.41) is 8.33. The molecule has 0 saturated carbocycles. The molecule has 1 fully saturated rings. The van der Waals surface area contributed by atoms with Gasteiger partial charge in [0, 0.05) is 12.7 Å². The number of carbonyl (C=O) groups excluding carboxylic acids is 1. The number of nitrogens with zero attached hydrogens (tertiary/aromatic N) is 4. The number of benzene rings is 1. The van der Waals surface area contributed by atoms with Crippen molar-refractivity contribution in [2.24, 2.45) is 0 Å². The second-order valence-corrected chi connectivity index (χ2v) is 7.43. The first-order valence-corrected chi connectivity index (χ1v) is 10.6. The SMILES string of the molecule is CCOc1cc(C)ccc1OCC(=O)N1CCCCC1c1nnc(-c2ccccn2)o1. The van der Waals surface area contributed by atoms with Crippen molar-refractivity contribution in [2.75, 3.05) is 19.8 Å². The lowest BCUT2D eigenvalue weighted by Gasteiger charge is -2.33. The van der Waals surface area contributed by atoms with Gasteiger partial charge in [0.05, 0.1) is 6.61 Å². The molecule has 1 atom stereocenters. The third-order valence-electron chi connectivity index (χ3n) is 5.18. The van der Waals surface area contributed by atoms with Crippen molar-refractivity contribution in [1.82, 2.24) is 20.1 Å². The molecule has 1 aliphatic heterocycles. The molecule has 8 heteroatoms. The van der Waals surface area contributed by atoms with Crippen LogP contribution in [0.5, 0.6) is 11.5 Å². The van der Waals surface area contributed by atoms with Gasteiger partial charge in [-0.1, -0.05) is 12.1 Å². The van der Waals surface area contributed by atoms with Crippen LogP contribution in [-0.4, -0.2) is 45.7 Å². The van der Waals surface area contributed by atoms with Crippen LogP contribution in [-0.2, 0) is 4.79 Å². The Morgan fingerprint density at radius 2 is 2.06 bits per heavy atom. The molecule has 0 bridgehead atoms. The summed E-state index contributed by atoms with van der Waals surface area (Å²) in [5.41, 5.74) is 1.68. The number of hydrogen-bond acceptors (Lipinski definition) is 7. The Kier molecular flexibility index (Phi) is 6.45. The van der Waals surface area contributed by atoms with E-state index in [1.54, 1.807) is 11.1 Å². The molecule has 162 valence electrons. The van der Waals surface area contributed by atoms with E-state index in [2.05, 4.69) is 15.2 Å². The lowest BCUT2D eigenvalue weighted by atomic mass is 10.0. The van der Waals surface area contributed by atoms with Gasteiger partial charge in [0.2, 0.25) is 5.89 Å². The highest BCUT2D eigenvalue weighted by Crippen LogP contribution is 2.32. The van der Waals surface area contributed by atoms with Crippen LogP contribution in [0.2, 0.25) is 0 Å². The monoisotopic (exact) mass is 422 g/mol. The average Bonchev–Trinajstić information content (AvgIpc) is 3.29. The third kappa shape index (κ3) is 4.84. The van der Waals surface area contributed by atoms with E-state index in [9.17, 15) is 4.79 Å². The number of carbonyl (C=O) groups is 1. The van der Waals surface area contributed by atoms with Crippen LogP contribution in [0.3, 0.4) is 0 Å². The maximum atomic E-state index is 13.0. The molecule has 3 aromatic rings. The molecule has 4 rings (SSSR count). The highest BCUT2D eigenvalue weighted by atomic mass is 16.5. The van der Waals surface area contributed by atoms with E-state index in [4.69, 9.17) is 13.9 Å². The Morgan fingerprint density at radius 1 is 1.16 bits per heavy atom. The number of rotatable bonds is 7. The van der Waals surface area contributed by atoms with Gasteiger partial charge >= 0.3 is 0 Å². The van der Waals surface area contributed by atoms with Crippen LogP contribution >= 0.6 is 0 Å². The normalized spacial score (nSPS) is 16.2. The first kappa shape index (κ1) is 20.8. The summed E-state index contributed by atoms with van der Waals surface area (Å²) < 4.78 is 17.3. The Hall–Kier alpha value is -3.42. The fourth-order valence-corrected chi connectivity index (χ4v) is 3.67. The van der Waals surface area contributed by atoms with Gasteiger partial charge in [0.25, 0.3) is 11.8 Å². The summed E-state index contributed by atoms with van der Waals surface area (Å²) in [4.78, 5) is 19.0. The van der Waals surface area contributed by atoms with Crippen LogP contribution in [0.15, 0.2) is 47.0 Å². The van der Waals surface area contributed by atoms with Gasteiger partial charge in [0.15, 0.2) is 18.1 Å². The highest BCUT2D eigenvalue weighted by Gasteiger charge is 2.32. The van der Waals surface area contributed by atoms with Crippen molar-refractivity contribution in [3.05, 3.63) is 54.0 Å². The highest BCUT2D eigenvalue weighted by molar-refractivity contribution is 5.78. The summed E-state index contributed by atoms with van der Waals surface area (Å²) in [5.74, 6) is 1.86. The minimum Gasteiger partial charge on any atom is -0.490 e. The molecule has 0 aliphatic carbocycles. The van der Waals surface area contributed by atoms with E-state index in [0.717, 1.165) is 24.8 Å². The van der Waals surface area contributed by atoms with E-state index in [0.29, 0.717) is 42.1 Å². The van der Waals surface area contributed by atoms with Gasteiger partial charge in [0.1, 0.15) is 11.7 Å². The zero-order valence-electron chi connectivity index (χ0n) is 17.8. The Balaban J connectivity index is 1.47. The van der Waals surface area contributed by atoms with Crippen LogP contribution in [0.1, 0.15) is 43.7 Å². The standard InChI is InChI=1S/C23H26N4O4/c1-3-29-20-14-16(2)10-11-19(20)30-15-21(28)27-13-7-5-9-18(27)23-26-25-22(31-23)17-8-4-6-12-24-17/h4,6,8,10-12,14,18H,3,5,7,9,13,15H2,1-2H3. The Labute approximate surface area is 181 Å². The van der Waals surface area contributed by atoms with Crippen molar-refractivity contribution in [3.8, 4) is 23.1 Å². The van der Waals surface area contributed by atoms with E-state index in [-0.39, 0.29) is 18.6 Å². The number of aryl methyl sites for hydroxylation is 1. The molecule has 0 N–H and O–H groups in total. The maximum absolute atomic E-state index is 13.0. The van der Waals surface area contributed by atoms with Crippen LogP contribution < -0.4 is 9.47 Å². The van der Waals surface area contributed by atoms with Gasteiger partial charge < -0.3 is 18.8 Å². The largest absolute Gasteiger partial charge is 0.490 e. The molecular formula is C23H26N4O4. The second kappa shape index (κ2) is 9.59. The number of hydrogen-bond donors (Lipinski definition) is 0. The maximum Gasteiger partial charge on any atom is 0.266 e. The number of aromatic nitrogens is 3. The molecule has 1 saturated heterocycles. The second-order valence-electron chi connectivity index (χ2n) is 7.43. The first-order chi connectivity index (χ1) is 15.2. The average molecular weight is 422 g/mol. The van der Waals surface area contributed by atoms with Crippen molar-refractivity contribution in [2.45, 2.75) is 39.2 Å². The summed E-state index contributed by atoms with van der Waals surface area (Å²) >= 11 is 0. The predicted octanol–water partition coefficient (Wildman–Crippen LogP) is 3.97. The topological polar surface area (TPSA) is 90.6 Å². The van der Waals surface area contributed by atoms with E-state index in [1.807, 2.05) is 50.2 Å². The summed E-state index contributed by atoms with van der Waals surface area (Å²) in [6.45, 7) is 4.97. The van der Waals surface area contributed by atoms with Gasteiger partial charge in [-0.25, -0.2) is 0 Å². The number of pyridine rings is 1. The molecule has 0 radical (unpaired) electrons. The van der Waals surface area contributed by atoms with Gasteiger partial charge in [-0.05, 0) is 62.9 Å². The van der Waals surface area contributed by atoms with Crippen molar-refractivity contribution < 1.29 is 18.7 Å². The fraction of sp³-hybridized carbons (Fsp3) is 0.391. The molecule has 2 aromatic heterocycles. The van der Waals surface area contributed by atoms with Crippen LogP contribution in [0, 0.1) is 6.92 Å². The molecular weight excluding hydrogens is 396 g/mol. The summed E-state index contributed by atoms with van der Waals surface area (Å²) in [6.07, 6.45) is 4.36. The molecule has 31 heavy (non-hydrogen) atoms. The fourth-order valence-electron chi connectivity index (χ4n) is 3.67. The van der Waals surface area contributed by atoms with Gasteiger partial charge in [-0.2, -0.15) is 0 Å². The van der Waals surface area contributed by atoms with Crippen LogP contribution in [0.4, 0.5) is 0 Å². The Morgan fingerprint density at radius 3 is 2.87 bits per heavy atom.